The molecule has 0 amide bonds. The van der Waals surface area contributed by atoms with E-state index in [-0.39, 0.29) is 5.41 Å². The summed E-state index contributed by atoms with van der Waals surface area (Å²) in [6.07, 6.45) is 0.504. The van der Waals surface area contributed by atoms with Crippen molar-refractivity contribution in [3.63, 3.8) is 0 Å². The summed E-state index contributed by atoms with van der Waals surface area (Å²) in [4.78, 5) is 0. The van der Waals surface area contributed by atoms with Crippen LogP contribution in [0.15, 0.2) is 48.5 Å². The first-order chi connectivity index (χ1) is 8.63. The van der Waals surface area contributed by atoms with Gasteiger partial charge in [-0.3, -0.25) is 0 Å². The van der Waals surface area contributed by atoms with Crippen molar-refractivity contribution in [2.45, 2.75) is 31.8 Å². The van der Waals surface area contributed by atoms with Gasteiger partial charge in [-0.05, 0) is 35.6 Å². The Kier molecular flexibility index (Phi) is 2.53. The Morgan fingerprint density at radius 1 is 1.06 bits per heavy atom. The Morgan fingerprint density at radius 3 is 2.44 bits per heavy atom. The van der Waals surface area contributed by atoms with Crippen molar-refractivity contribution in [3.05, 3.63) is 70.8 Å². The summed E-state index contributed by atoms with van der Waals surface area (Å²) in [6, 6.07) is 16.6. The van der Waals surface area contributed by atoms with Gasteiger partial charge in [0, 0.05) is 5.41 Å². The maximum absolute atomic E-state index is 10.7. The summed E-state index contributed by atoms with van der Waals surface area (Å²) in [5.74, 6) is 0. The van der Waals surface area contributed by atoms with E-state index < -0.39 is 6.10 Å². The lowest BCUT2D eigenvalue weighted by Gasteiger charge is -2.30. The number of hydrogen-bond acceptors (Lipinski definition) is 1. The molecule has 1 aliphatic carbocycles. The average molecular weight is 238 g/mol. The van der Waals surface area contributed by atoms with Crippen LogP contribution >= 0.6 is 0 Å². The third kappa shape index (κ3) is 1.51. The van der Waals surface area contributed by atoms with Crippen molar-refractivity contribution in [2.75, 3.05) is 0 Å². The molecule has 1 nitrogen and oxygen atoms in total. The van der Waals surface area contributed by atoms with E-state index in [1.54, 1.807) is 0 Å². The quantitative estimate of drug-likeness (QED) is 0.805. The molecule has 0 radical (unpaired) electrons. The van der Waals surface area contributed by atoms with Crippen molar-refractivity contribution in [1.29, 1.82) is 0 Å². The Labute approximate surface area is 108 Å². The number of hydrogen-bond donors (Lipinski definition) is 1. The molecule has 0 heterocycles. The number of rotatable bonds is 1. The molecule has 0 aliphatic heterocycles. The fourth-order valence-corrected chi connectivity index (χ4v) is 3.25. The molecule has 1 heteroatoms. The minimum absolute atomic E-state index is 0.199. The van der Waals surface area contributed by atoms with E-state index in [9.17, 15) is 5.11 Å². The number of aliphatic hydroxyl groups excluding tert-OH is 1. The van der Waals surface area contributed by atoms with Crippen molar-refractivity contribution in [3.8, 4) is 0 Å². The zero-order valence-corrected chi connectivity index (χ0v) is 10.9. The molecule has 0 unspecified atom stereocenters. The van der Waals surface area contributed by atoms with Gasteiger partial charge in [0.1, 0.15) is 0 Å². The lowest BCUT2D eigenvalue weighted by molar-refractivity contribution is 0.105. The van der Waals surface area contributed by atoms with Gasteiger partial charge in [0.2, 0.25) is 0 Å². The van der Waals surface area contributed by atoms with Crippen molar-refractivity contribution in [1.82, 2.24) is 0 Å². The van der Waals surface area contributed by atoms with Gasteiger partial charge in [-0.2, -0.15) is 0 Å². The van der Waals surface area contributed by atoms with Crippen LogP contribution in [0, 0.1) is 6.92 Å². The molecule has 2 aromatic rings. The first kappa shape index (κ1) is 11.5. The highest BCUT2D eigenvalue weighted by atomic mass is 16.3. The van der Waals surface area contributed by atoms with Crippen molar-refractivity contribution in [2.24, 2.45) is 0 Å². The van der Waals surface area contributed by atoms with Crippen LogP contribution in [-0.4, -0.2) is 5.11 Å². The third-order valence-corrected chi connectivity index (χ3v) is 4.27. The first-order valence-electron chi connectivity index (χ1n) is 6.45. The second-order valence-corrected chi connectivity index (χ2v) is 5.51. The Balaban J connectivity index is 2.12. The number of aliphatic hydroxyl groups is 1. The standard InChI is InChI=1S/C17H18O/c1-12-7-3-6-10-15(12)17(2)11-13-8-4-5-9-14(13)16(17)18/h3-10,16,18H,11H2,1-2H3/t16-,17-/m0/s1. The summed E-state index contributed by atoms with van der Waals surface area (Å²) < 4.78 is 0. The fourth-order valence-electron chi connectivity index (χ4n) is 3.25. The molecule has 0 saturated carbocycles. The summed E-state index contributed by atoms with van der Waals surface area (Å²) in [7, 11) is 0. The topological polar surface area (TPSA) is 20.2 Å². The van der Waals surface area contributed by atoms with Crippen LogP contribution < -0.4 is 0 Å². The molecule has 3 rings (SSSR count). The zero-order chi connectivity index (χ0) is 12.8. The molecule has 2 aromatic carbocycles. The second kappa shape index (κ2) is 3.96. The monoisotopic (exact) mass is 238 g/mol. The molecule has 2 atom stereocenters. The van der Waals surface area contributed by atoms with E-state index in [0.717, 1.165) is 12.0 Å². The highest BCUT2D eigenvalue weighted by Gasteiger charge is 2.43. The summed E-state index contributed by atoms with van der Waals surface area (Å²) in [5, 5.41) is 10.7. The normalized spacial score (nSPS) is 26.1. The molecule has 0 fully saturated rings. The molecule has 1 N–H and O–H groups in total. The van der Waals surface area contributed by atoms with Gasteiger partial charge in [0.15, 0.2) is 0 Å². The maximum atomic E-state index is 10.7. The second-order valence-electron chi connectivity index (χ2n) is 5.51. The molecule has 92 valence electrons. The summed E-state index contributed by atoms with van der Waals surface area (Å²) >= 11 is 0. The van der Waals surface area contributed by atoms with E-state index in [4.69, 9.17) is 0 Å². The SMILES string of the molecule is Cc1ccccc1[C@]1(C)Cc2ccccc2[C@@H]1O. The highest BCUT2D eigenvalue weighted by Crippen LogP contribution is 2.47. The lowest BCUT2D eigenvalue weighted by atomic mass is 9.76. The predicted octanol–water partition coefficient (Wildman–Crippen LogP) is 3.54. The fraction of sp³-hybridized carbons (Fsp3) is 0.294. The van der Waals surface area contributed by atoms with Crippen LogP contribution in [0.2, 0.25) is 0 Å². The van der Waals surface area contributed by atoms with Crippen LogP contribution in [0.3, 0.4) is 0 Å². The minimum Gasteiger partial charge on any atom is -0.387 e. The van der Waals surface area contributed by atoms with Crippen molar-refractivity contribution >= 4 is 0 Å². The smallest absolute Gasteiger partial charge is 0.0889 e. The minimum atomic E-state index is -0.408. The highest BCUT2D eigenvalue weighted by molar-refractivity contribution is 5.46. The Morgan fingerprint density at radius 2 is 1.72 bits per heavy atom. The first-order valence-corrected chi connectivity index (χ1v) is 6.45. The van der Waals surface area contributed by atoms with Crippen LogP contribution in [0.5, 0.6) is 0 Å². The van der Waals surface area contributed by atoms with Crippen molar-refractivity contribution < 1.29 is 5.11 Å². The molecule has 0 saturated heterocycles. The van der Waals surface area contributed by atoms with E-state index in [2.05, 4.69) is 50.2 Å². The molecule has 0 spiro atoms. The average Bonchev–Trinajstić information content (AvgIpc) is 2.64. The van der Waals surface area contributed by atoms with E-state index in [0.29, 0.717) is 0 Å². The molecule has 0 aromatic heterocycles. The van der Waals surface area contributed by atoms with Crippen LogP contribution in [-0.2, 0) is 11.8 Å². The molecular formula is C17H18O. The van der Waals surface area contributed by atoms with E-state index >= 15 is 0 Å². The molecule has 1 aliphatic rings. The molecular weight excluding hydrogens is 220 g/mol. The van der Waals surface area contributed by atoms with Crippen LogP contribution in [0.25, 0.3) is 0 Å². The zero-order valence-electron chi connectivity index (χ0n) is 10.9. The maximum Gasteiger partial charge on any atom is 0.0889 e. The van der Waals surface area contributed by atoms with Gasteiger partial charge in [-0.1, -0.05) is 55.5 Å². The van der Waals surface area contributed by atoms with Gasteiger partial charge in [0.05, 0.1) is 6.10 Å². The van der Waals surface area contributed by atoms with Crippen LogP contribution in [0.4, 0.5) is 0 Å². The summed E-state index contributed by atoms with van der Waals surface area (Å²) in [6.45, 7) is 4.29. The van der Waals surface area contributed by atoms with Gasteiger partial charge in [-0.15, -0.1) is 0 Å². The Bertz CT molecular complexity index is 588. The lowest BCUT2D eigenvalue weighted by Crippen LogP contribution is -2.28. The van der Waals surface area contributed by atoms with Gasteiger partial charge in [-0.25, -0.2) is 0 Å². The number of aryl methyl sites for hydroxylation is 1. The molecule has 0 bridgehead atoms. The predicted molar refractivity (Wildman–Crippen MR) is 73.6 cm³/mol. The largest absolute Gasteiger partial charge is 0.387 e. The van der Waals surface area contributed by atoms with Gasteiger partial charge < -0.3 is 5.11 Å². The number of benzene rings is 2. The Hall–Kier alpha value is -1.60. The van der Waals surface area contributed by atoms with E-state index in [1.165, 1.54) is 16.7 Å². The number of fused-ring (bicyclic) bond motifs is 1. The third-order valence-electron chi connectivity index (χ3n) is 4.27. The van der Waals surface area contributed by atoms with Crippen LogP contribution in [0.1, 0.15) is 35.3 Å². The summed E-state index contributed by atoms with van der Waals surface area (Å²) in [5.41, 5.74) is 4.68. The van der Waals surface area contributed by atoms with E-state index in [1.807, 2.05) is 12.1 Å². The van der Waals surface area contributed by atoms with Gasteiger partial charge in [0.25, 0.3) is 0 Å². The van der Waals surface area contributed by atoms with Gasteiger partial charge >= 0.3 is 0 Å². The molecule has 18 heavy (non-hydrogen) atoms.